The summed E-state index contributed by atoms with van der Waals surface area (Å²) in [6.07, 6.45) is 4.52. The van der Waals surface area contributed by atoms with E-state index in [4.69, 9.17) is 4.74 Å². The Morgan fingerprint density at radius 2 is 1.96 bits per heavy atom. The van der Waals surface area contributed by atoms with Gasteiger partial charge < -0.3 is 14.6 Å². The van der Waals surface area contributed by atoms with Crippen molar-refractivity contribution in [2.45, 2.75) is 50.7 Å². The fourth-order valence-corrected chi connectivity index (χ4v) is 5.03. The molecule has 2 fully saturated rings. The van der Waals surface area contributed by atoms with E-state index in [9.17, 15) is 18.0 Å². The molecule has 0 radical (unpaired) electrons. The first-order chi connectivity index (χ1) is 13.3. The van der Waals surface area contributed by atoms with Crippen molar-refractivity contribution in [3.63, 3.8) is 0 Å². The molecule has 3 aliphatic heterocycles. The number of carbonyl (C=O) groups is 1. The van der Waals surface area contributed by atoms with Crippen molar-refractivity contribution in [2.24, 2.45) is 0 Å². The zero-order chi connectivity index (χ0) is 19.9. The number of amides is 1. The minimum Gasteiger partial charge on any atom is -0.368 e. The average Bonchev–Trinajstić information content (AvgIpc) is 3.21. The Morgan fingerprint density at radius 1 is 1.21 bits per heavy atom. The minimum absolute atomic E-state index is 0.0729. The van der Waals surface area contributed by atoms with Gasteiger partial charge in [0, 0.05) is 45.1 Å². The number of ether oxygens (including phenoxy) is 1. The summed E-state index contributed by atoms with van der Waals surface area (Å²) in [6.45, 7) is 2.34. The normalized spacial score (nSPS) is 24.3. The van der Waals surface area contributed by atoms with Crippen LogP contribution < -0.4 is 5.56 Å². The fourth-order valence-electron chi connectivity index (χ4n) is 4.25. The van der Waals surface area contributed by atoms with Gasteiger partial charge in [-0.1, -0.05) is 0 Å². The Labute approximate surface area is 164 Å². The molecule has 28 heavy (non-hydrogen) atoms. The molecule has 0 spiro atoms. The van der Waals surface area contributed by atoms with E-state index >= 15 is 0 Å². The molecule has 0 aliphatic carbocycles. The molecule has 3 aliphatic rings. The van der Waals surface area contributed by atoms with E-state index in [2.05, 4.69) is 9.97 Å². The number of hydrogen-bond acceptors (Lipinski definition) is 6. The summed E-state index contributed by atoms with van der Waals surface area (Å²) >= 11 is 0. The van der Waals surface area contributed by atoms with Crippen LogP contribution in [0.25, 0.3) is 0 Å². The second-order valence-corrected chi connectivity index (χ2v) is 9.81. The lowest BCUT2D eigenvalue weighted by Gasteiger charge is -2.33. The van der Waals surface area contributed by atoms with Gasteiger partial charge in [-0.15, -0.1) is 0 Å². The van der Waals surface area contributed by atoms with Crippen LogP contribution in [0.3, 0.4) is 0 Å². The molecule has 10 heteroatoms. The molecule has 0 bridgehead atoms. The number of nitrogens with zero attached hydrogens (tertiary/aromatic N) is 3. The van der Waals surface area contributed by atoms with Crippen LogP contribution in [0.2, 0.25) is 0 Å². The van der Waals surface area contributed by atoms with Gasteiger partial charge in [0.15, 0.2) is 0 Å². The lowest BCUT2D eigenvalue weighted by molar-refractivity contribution is -0.142. The predicted octanol–water partition coefficient (Wildman–Crippen LogP) is -0.0274. The second-order valence-electron chi connectivity index (χ2n) is 7.82. The summed E-state index contributed by atoms with van der Waals surface area (Å²) in [6, 6.07) is 0. The van der Waals surface area contributed by atoms with Crippen LogP contribution in [-0.4, -0.2) is 72.1 Å². The van der Waals surface area contributed by atoms with Crippen molar-refractivity contribution < 1.29 is 17.9 Å². The number of likely N-dealkylation sites (tertiary alicyclic amines) is 1. The van der Waals surface area contributed by atoms with Crippen LogP contribution in [0.5, 0.6) is 0 Å². The zero-order valence-electron chi connectivity index (χ0n) is 16.0. The summed E-state index contributed by atoms with van der Waals surface area (Å²) in [4.78, 5) is 34.4. The summed E-state index contributed by atoms with van der Waals surface area (Å²) in [7, 11) is -3.33. The molecule has 1 amide bonds. The Kier molecular flexibility index (Phi) is 5.28. The third-order valence-electron chi connectivity index (χ3n) is 5.92. The first kappa shape index (κ1) is 19.5. The molecule has 0 aromatic carbocycles. The lowest BCUT2D eigenvalue weighted by Crippen LogP contribution is -2.44. The average molecular weight is 410 g/mol. The van der Waals surface area contributed by atoms with Crippen molar-refractivity contribution in [2.75, 3.05) is 32.5 Å². The van der Waals surface area contributed by atoms with Crippen molar-refractivity contribution in [1.29, 1.82) is 0 Å². The molecular weight excluding hydrogens is 384 g/mol. The molecule has 1 atom stereocenters. The first-order valence-electron chi connectivity index (χ1n) is 9.80. The number of carbonyl (C=O) groups excluding carboxylic acids is 1. The maximum atomic E-state index is 12.5. The number of hydrogen-bond donors (Lipinski definition) is 1. The predicted molar refractivity (Wildman–Crippen MR) is 101 cm³/mol. The van der Waals surface area contributed by atoms with Crippen LogP contribution in [-0.2, 0) is 32.5 Å². The van der Waals surface area contributed by atoms with E-state index in [1.54, 1.807) is 0 Å². The standard InChI is InChI=1S/C18H26N4O5S/c1-28(25,26)22-9-6-14-13(11-22)17(23)20-16(19-14)12-4-7-21(8-5-12)18(24)15-3-2-10-27-15/h12,15H,2-11H2,1H3,(H,19,20,23). The van der Waals surface area contributed by atoms with Gasteiger partial charge in [0.05, 0.1) is 17.5 Å². The summed E-state index contributed by atoms with van der Waals surface area (Å²) < 4.78 is 30.3. The third kappa shape index (κ3) is 3.85. The second kappa shape index (κ2) is 7.57. The van der Waals surface area contributed by atoms with Gasteiger partial charge in [0.2, 0.25) is 10.0 Å². The Balaban J connectivity index is 1.44. The maximum Gasteiger partial charge on any atom is 0.255 e. The first-order valence-corrected chi connectivity index (χ1v) is 11.7. The lowest BCUT2D eigenvalue weighted by atomic mass is 9.95. The van der Waals surface area contributed by atoms with E-state index in [-0.39, 0.29) is 30.0 Å². The Bertz CT molecular complexity index is 914. The number of nitrogens with one attached hydrogen (secondary N) is 1. The Hall–Kier alpha value is -1.78. The molecule has 154 valence electrons. The number of H-pyrrole nitrogens is 1. The van der Waals surface area contributed by atoms with E-state index in [1.165, 1.54) is 4.31 Å². The van der Waals surface area contributed by atoms with Crippen LogP contribution in [0.15, 0.2) is 4.79 Å². The fraction of sp³-hybridized carbons (Fsp3) is 0.722. The number of fused-ring (bicyclic) bond motifs is 1. The molecule has 1 N–H and O–H groups in total. The van der Waals surface area contributed by atoms with Crippen molar-refractivity contribution in [3.8, 4) is 0 Å². The molecule has 4 rings (SSSR count). The van der Waals surface area contributed by atoms with E-state index in [1.807, 2.05) is 4.90 Å². The minimum atomic E-state index is -3.33. The number of piperidine rings is 1. The molecule has 9 nitrogen and oxygen atoms in total. The molecule has 0 saturated carbocycles. The topological polar surface area (TPSA) is 113 Å². The van der Waals surface area contributed by atoms with Gasteiger partial charge in [0.25, 0.3) is 11.5 Å². The quantitative estimate of drug-likeness (QED) is 0.749. The van der Waals surface area contributed by atoms with E-state index in [0.717, 1.165) is 31.9 Å². The van der Waals surface area contributed by atoms with Crippen molar-refractivity contribution in [3.05, 3.63) is 27.4 Å². The molecule has 1 unspecified atom stereocenters. The highest BCUT2D eigenvalue weighted by Crippen LogP contribution is 2.28. The van der Waals surface area contributed by atoms with Gasteiger partial charge in [-0.2, -0.15) is 4.31 Å². The smallest absolute Gasteiger partial charge is 0.255 e. The molecular formula is C18H26N4O5S. The van der Waals surface area contributed by atoms with Crippen molar-refractivity contribution in [1.82, 2.24) is 19.2 Å². The van der Waals surface area contributed by atoms with Gasteiger partial charge in [-0.05, 0) is 25.7 Å². The highest BCUT2D eigenvalue weighted by atomic mass is 32.2. The molecule has 2 saturated heterocycles. The summed E-state index contributed by atoms with van der Waals surface area (Å²) in [5.74, 6) is 0.823. The van der Waals surface area contributed by atoms with Crippen LogP contribution in [0.4, 0.5) is 0 Å². The number of aromatic amines is 1. The summed E-state index contributed by atoms with van der Waals surface area (Å²) in [5, 5.41) is 0. The summed E-state index contributed by atoms with van der Waals surface area (Å²) in [5.41, 5.74) is 0.870. The SMILES string of the molecule is CS(=O)(=O)N1CCc2nc(C3CCN(C(=O)C4CCCO4)CC3)[nH]c(=O)c2C1. The van der Waals surface area contributed by atoms with E-state index in [0.29, 0.717) is 49.7 Å². The molecule has 4 heterocycles. The van der Waals surface area contributed by atoms with Crippen LogP contribution in [0.1, 0.15) is 48.7 Å². The third-order valence-corrected chi connectivity index (χ3v) is 7.17. The van der Waals surface area contributed by atoms with E-state index < -0.39 is 10.0 Å². The molecule has 1 aromatic rings. The largest absolute Gasteiger partial charge is 0.368 e. The highest BCUT2D eigenvalue weighted by Gasteiger charge is 2.33. The number of aromatic nitrogens is 2. The van der Waals surface area contributed by atoms with Crippen LogP contribution >= 0.6 is 0 Å². The van der Waals surface area contributed by atoms with Gasteiger partial charge in [-0.3, -0.25) is 9.59 Å². The number of rotatable bonds is 3. The van der Waals surface area contributed by atoms with Crippen molar-refractivity contribution >= 4 is 15.9 Å². The number of sulfonamides is 1. The van der Waals surface area contributed by atoms with Gasteiger partial charge in [0.1, 0.15) is 11.9 Å². The van der Waals surface area contributed by atoms with Gasteiger partial charge in [-0.25, -0.2) is 13.4 Å². The highest BCUT2D eigenvalue weighted by molar-refractivity contribution is 7.88. The Morgan fingerprint density at radius 3 is 2.61 bits per heavy atom. The van der Waals surface area contributed by atoms with Crippen LogP contribution in [0, 0.1) is 0 Å². The monoisotopic (exact) mass is 410 g/mol. The molecule has 1 aromatic heterocycles. The van der Waals surface area contributed by atoms with Gasteiger partial charge >= 0.3 is 0 Å². The maximum absolute atomic E-state index is 12.5. The zero-order valence-corrected chi connectivity index (χ0v) is 16.8.